The van der Waals surface area contributed by atoms with E-state index in [1.807, 2.05) is 17.7 Å². The average Bonchev–Trinajstić information content (AvgIpc) is 3.17. The lowest BCUT2D eigenvalue weighted by Crippen LogP contribution is -2.62. The van der Waals surface area contributed by atoms with Gasteiger partial charge in [-0.1, -0.05) is 12.1 Å². The number of fused-ring (bicyclic) bond motifs is 1. The number of amides is 1. The number of aromatic nitrogens is 2. The zero-order valence-corrected chi connectivity index (χ0v) is 20.4. The molecule has 192 valence electrons. The molecule has 0 bridgehead atoms. The van der Waals surface area contributed by atoms with Gasteiger partial charge in [0, 0.05) is 42.4 Å². The van der Waals surface area contributed by atoms with Crippen molar-refractivity contribution in [1.29, 1.82) is 0 Å². The van der Waals surface area contributed by atoms with Crippen LogP contribution in [-0.2, 0) is 22.4 Å². The van der Waals surface area contributed by atoms with Crippen molar-refractivity contribution in [2.24, 2.45) is 5.92 Å². The Morgan fingerprint density at radius 3 is 2.71 bits per heavy atom. The van der Waals surface area contributed by atoms with Gasteiger partial charge in [-0.15, -0.1) is 0 Å². The third kappa shape index (κ3) is 5.18. The molecule has 0 spiro atoms. The second-order valence-corrected chi connectivity index (χ2v) is 12.2. The SMILES string of the molecule is CC1(NC(=O)C2CCc3c(-c4cccc(OC(F)F)c4)nn(C4CCOCC4)c3C2)CS(O)(O)C1. The molecule has 0 saturated carbocycles. The van der Waals surface area contributed by atoms with Crippen LogP contribution in [0, 0.1) is 5.92 Å². The lowest BCUT2D eigenvalue weighted by Gasteiger charge is -2.54. The molecule has 5 rings (SSSR count). The molecule has 1 unspecified atom stereocenters. The van der Waals surface area contributed by atoms with Crippen LogP contribution in [0.2, 0.25) is 0 Å². The normalized spacial score (nSPS) is 24.3. The van der Waals surface area contributed by atoms with Gasteiger partial charge < -0.3 is 14.8 Å². The van der Waals surface area contributed by atoms with Gasteiger partial charge in [-0.05, 0) is 44.7 Å². The molecule has 8 nitrogen and oxygen atoms in total. The maximum atomic E-state index is 13.1. The predicted octanol–water partition coefficient (Wildman–Crippen LogP) is 4.25. The zero-order chi connectivity index (χ0) is 24.8. The molecule has 1 aliphatic carbocycles. The van der Waals surface area contributed by atoms with Gasteiger partial charge in [0.1, 0.15) is 5.75 Å². The van der Waals surface area contributed by atoms with Crippen molar-refractivity contribution in [3.8, 4) is 17.0 Å². The number of benzene rings is 1. The van der Waals surface area contributed by atoms with E-state index in [9.17, 15) is 22.7 Å². The minimum Gasteiger partial charge on any atom is -0.435 e. The molecule has 3 N–H and O–H groups in total. The molecule has 2 aromatic rings. The van der Waals surface area contributed by atoms with E-state index in [0.29, 0.717) is 38.0 Å². The van der Waals surface area contributed by atoms with Crippen LogP contribution in [0.25, 0.3) is 11.3 Å². The van der Waals surface area contributed by atoms with Crippen LogP contribution in [0.1, 0.15) is 43.5 Å². The molecule has 0 radical (unpaired) electrons. The Labute approximate surface area is 204 Å². The molecule has 3 heterocycles. The first-order valence-electron chi connectivity index (χ1n) is 11.9. The number of ether oxygens (including phenoxy) is 2. The third-order valence-electron chi connectivity index (χ3n) is 7.07. The quantitative estimate of drug-likeness (QED) is 0.536. The fourth-order valence-electron chi connectivity index (χ4n) is 5.59. The fraction of sp³-hybridized carbons (Fsp3) is 0.583. The highest BCUT2D eigenvalue weighted by atomic mass is 32.3. The predicted molar refractivity (Wildman–Crippen MR) is 128 cm³/mol. The summed E-state index contributed by atoms with van der Waals surface area (Å²) in [5.74, 6) is 0.121. The largest absolute Gasteiger partial charge is 0.435 e. The molecular weight excluding hydrogens is 480 g/mol. The van der Waals surface area contributed by atoms with Gasteiger partial charge in [-0.25, -0.2) is 0 Å². The van der Waals surface area contributed by atoms with Gasteiger partial charge in [-0.3, -0.25) is 18.6 Å². The summed E-state index contributed by atoms with van der Waals surface area (Å²) in [5.41, 5.74) is 2.90. The van der Waals surface area contributed by atoms with E-state index >= 15 is 0 Å². The second-order valence-electron chi connectivity index (χ2n) is 10.0. The van der Waals surface area contributed by atoms with E-state index in [-0.39, 0.29) is 35.1 Å². The standard InChI is InChI=1S/C24H31F2N3O5S/c1-24(13-35(31,32)14-24)27-22(30)16-5-6-19-20(12-16)29(17-7-9-33-10-8-17)28-21(19)15-3-2-4-18(11-15)34-23(25)26/h2-4,11,16-17,23,31-32H,5-10,12-14H2,1H3,(H,27,30). The van der Waals surface area contributed by atoms with E-state index in [4.69, 9.17) is 9.84 Å². The molecule has 1 aromatic heterocycles. The van der Waals surface area contributed by atoms with Crippen molar-refractivity contribution in [2.75, 3.05) is 24.7 Å². The molecule has 2 aliphatic heterocycles. The van der Waals surface area contributed by atoms with Crippen molar-refractivity contribution in [3.05, 3.63) is 35.5 Å². The molecule has 2 fully saturated rings. The van der Waals surface area contributed by atoms with Crippen LogP contribution in [0.3, 0.4) is 0 Å². The first kappa shape index (κ1) is 24.5. The van der Waals surface area contributed by atoms with E-state index in [0.717, 1.165) is 29.8 Å². The number of carbonyl (C=O) groups excluding carboxylic acids is 1. The molecular formula is C24H31F2N3O5S. The van der Waals surface area contributed by atoms with Crippen LogP contribution in [-0.4, -0.2) is 61.7 Å². The smallest absolute Gasteiger partial charge is 0.387 e. The van der Waals surface area contributed by atoms with Crippen molar-refractivity contribution in [3.63, 3.8) is 0 Å². The average molecular weight is 512 g/mol. The summed E-state index contributed by atoms with van der Waals surface area (Å²) in [6, 6.07) is 6.73. The van der Waals surface area contributed by atoms with Crippen LogP contribution >= 0.6 is 10.6 Å². The van der Waals surface area contributed by atoms with E-state index in [1.54, 1.807) is 12.1 Å². The second kappa shape index (κ2) is 9.34. The lowest BCUT2D eigenvalue weighted by molar-refractivity contribution is -0.126. The number of halogens is 2. The van der Waals surface area contributed by atoms with Gasteiger partial charge in [0.25, 0.3) is 0 Å². The number of alkyl halides is 2. The summed E-state index contributed by atoms with van der Waals surface area (Å²) in [6.45, 7) is 0.219. The minimum atomic E-state index is -2.90. The summed E-state index contributed by atoms with van der Waals surface area (Å²) in [5, 5.41) is 7.98. The Morgan fingerprint density at radius 2 is 2.03 bits per heavy atom. The van der Waals surface area contributed by atoms with Gasteiger partial charge in [0.05, 0.1) is 28.8 Å². The maximum absolute atomic E-state index is 13.1. The van der Waals surface area contributed by atoms with Crippen molar-refractivity contribution in [1.82, 2.24) is 15.1 Å². The van der Waals surface area contributed by atoms with Crippen molar-refractivity contribution < 1.29 is 32.2 Å². The summed E-state index contributed by atoms with van der Waals surface area (Å²) < 4.78 is 57.2. The molecule has 1 atom stereocenters. The third-order valence-corrected chi connectivity index (χ3v) is 9.26. The topological polar surface area (TPSA) is 106 Å². The van der Waals surface area contributed by atoms with Crippen molar-refractivity contribution >= 4 is 16.5 Å². The number of carbonyl (C=O) groups is 1. The van der Waals surface area contributed by atoms with E-state index in [2.05, 4.69) is 10.1 Å². The first-order valence-corrected chi connectivity index (χ1v) is 13.8. The molecule has 3 aliphatic rings. The molecule has 1 amide bonds. The Kier molecular flexibility index (Phi) is 6.54. The molecule has 35 heavy (non-hydrogen) atoms. The highest BCUT2D eigenvalue weighted by Gasteiger charge is 2.46. The van der Waals surface area contributed by atoms with Gasteiger partial charge in [0.15, 0.2) is 0 Å². The highest BCUT2D eigenvalue weighted by molar-refractivity contribution is 8.25. The van der Waals surface area contributed by atoms with Gasteiger partial charge in [-0.2, -0.15) is 24.5 Å². The van der Waals surface area contributed by atoms with Crippen LogP contribution in [0.15, 0.2) is 24.3 Å². The molecule has 2 saturated heterocycles. The van der Waals surface area contributed by atoms with Crippen LogP contribution in [0.5, 0.6) is 5.75 Å². The number of nitrogens with one attached hydrogen (secondary N) is 1. The number of hydrogen-bond acceptors (Lipinski definition) is 6. The van der Waals surface area contributed by atoms with Crippen LogP contribution < -0.4 is 10.1 Å². The monoisotopic (exact) mass is 511 g/mol. The Balaban J connectivity index is 1.43. The van der Waals surface area contributed by atoms with E-state index in [1.165, 1.54) is 6.07 Å². The van der Waals surface area contributed by atoms with E-state index < -0.39 is 22.7 Å². The fourth-order valence-corrected chi connectivity index (χ4v) is 7.69. The van der Waals surface area contributed by atoms with Crippen LogP contribution in [0.4, 0.5) is 8.78 Å². The number of hydrogen-bond donors (Lipinski definition) is 3. The zero-order valence-electron chi connectivity index (χ0n) is 19.6. The van der Waals surface area contributed by atoms with Gasteiger partial charge in [0.2, 0.25) is 5.91 Å². The molecule has 1 aromatic carbocycles. The minimum absolute atomic E-state index is 0.0818. The Morgan fingerprint density at radius 1 is 1.29 bits per heavy atom. The Bertz CT molecular complexity index is 1090. The van der Waals surface area contributed by atoms with Gasteiger partial charge >= 0.3 is 6.61 Å². The Hall–Kier alpha value is -2.21. The maximum Gasteiger partial charge on any atom is 0.387 e. The molecule has 11 heteroatoms. The first-order chi connectivity index (χ1) is 16.6. The number of nitrogens with zero attached hydrogens (tertiary/aromatic N) is 2. The lowest BCUT2D eigenvalue weighted by atomic mass is 9.84. The summed E-state index contributed by atoms with van der Waals surface area (Å²) in [7, 11) is -2.57. The van der Waals surface area contributed by atoms with Crippen molar-refractivity contribution in [2.45, 2.75) is 57.2 Å². The number of rotatable bonds is 6. The summed E-state index contributed by atoms with van der Waals surface area (Å²) in [6.07, 6.45) is 3.41. The summed E-state index contributed by atoms with van der Waals surface area (Å²) >= 11 is 0. The highest BCUT2D eigenvalue weighted by Crippen LogP contribution is 2.54. The summed E-state index contributed by atoms with van der Waals surface area (Å²) in [4.78, 5) is 13.1.